The molecule has 4 rings (SSSR count). The number of carbonyl (C=O) groups is 1. The van der Waals surface area contributed by atoms with Crippen molar-refractivity contribution in [3.8, 4) is 0 Å². The molecule has 1 atom stereocenters. The maximum absolute atomic E-state index is 12.8. The Hall–Kier alpha value is -1.86. The van der Waals surface area contributed by atoms with E-state index in [-0.39, 0.29) is 18.3 Å². The number of carbonyl (C=O) groups excluding carboxylic acids is 1. The second-order valence-electron chi connectivity index (χ2n) is 7.32. The minimum atomic E-state index is 0. The molecule has 0 saturated carbocycles. The lowest BCUT2D eigenvalue weighted by molar-refractivity contribution is -0.135. The van der Waals surface area contributed by atoms with Gasteiger partial charge in [0.05, 0.1) is 17.9 Å². The minimum Gasteiger partial charge on any atom is -0.340 e. The fourth-order valence-corrected chi connectivity index (χ4v) is 4.10. The molecular formula is C19H29ClN6O. The Balaban J connectivity index is 0.00000210. The normalized spacial score (nSPS) is 19.4. The van der Waals surface area contributed by atoms with E-state index in [1.807, 2.05) is 23.1 Å². The van der Waals surface area contributed by atoms with E-state index in [0.29, 0.717) is 12.5 Å². The van der Waals surface area contributed by atoms with E-state index >= 15 is 0 Å². The van der Waals surface area contributed by atoms with Gasteiger partial charge in [-0.05, 0) is 37.8 Å². The summed E-state index contributed by atoms with van der Waals surface area (Å²) < 4.78 is 4.03. The number of rotatable bonds is 6. The zero-order chi connectivity index (χ0) is 17.8. The molecule has 1 unspecified atom stereocenters. The van der Waals surface area contributed by atoms with Gasteiger partial charge in [0.25, 0.3) is 0 Å². The van der Waals surface area contributed by atoms with Crippen LogP contribution >= 0.6 is 12.4 Å². The van der Waals surface area contributed by atoms with Crippen LogP contribution in [-0.2, 0) is 30.8 Å². The third-order valence-electron chi connectivity index (χ3n) is 5.51. The first-order valence-corrected chi connectivity index (χ1v) is 9.83. The van der Waals surface area contributed by atoms with Crippen LogP contribution in [-0.4, -0.2) is 49.5 Å². The Labute approximate surface area is 166 Å². The predicted octanol–water partition coefficient (Wildman–Crippen LogP) is 2.01. The molecule has 148 valence electrons. The molecule has 27 heavy (non-hydrogen) atoms. The Bertz CT molecular complexity index is 705. The summed E-state index contributed by atoms with van der Waals surface area (Å²) in [5.74, 6) is 0.277. The molecule has 1 saturated heterocycles. The first kappa shape index (κ1) is 19.9. The first-order chi connectivity index (χ1) is 12.8. The van der Waals surface area contributed by atoms with Crippen molar-refractivity contribution in [2.75, 3.05) is 13.1 Å². The second-order valence-corrected chi connectivity index (χ2v) is 7.32. The van der Waals surface area contributed by atoms with Crippen LogP contribution in [0, 0.1) is 0 Å². The molecular weight excluding hydrogens is 364 g/mol. The SMILES string of the molecule is Cl.O=C(CCc1cc2n(n1)CCNC2)N1CCCCC1CCn1cccn1. The highest BCUT2D eigenvalue weighted by Gasteiger charge is 2.26. The molecule has 4 heterocycles. The Morgan fingerprint density at radius 3 is 3.04 bits per heavy atom. The highest BCUT2D eigenvalue weighted by atomic mass is 35.5. The van der Waals surface area contributed by atoms with Gasteiger partial charge in [0.15, 0.2) is 0 Å². The van der Waals surface area contributed by atoms with Crippen molar-refractivity contribution in [2.45, 2.75) is 64.2 Å². The number of likely N-dealkylation sites (tertiary alicyclic amines) is 1. The smallest absolute Gasteiger partial charge is 0.223 e. The van der Waals surface area contributed by atoms with Crippen LogP contribution in [0.2, 0.25) is 0 Å². The van der Waals surface area contributed by atoms with E-state index in [1.165, 1.54) is 12.1 Å². The Morgan fingerprint density at radius 2 is 2.22 bits per heavy atom. The molecule has 0 radical (unpaired) electrons. The van der Waals surface area contributed by atoms with Gasteiger partial charge < -0.3 is 10.2 Å². The molecule has 1 fully saturated rings. The molecule has 2 aliphatic rings. The fourth-order valence-electron chi connectivity index (χ4n) is 4.10. The summed E-state index contributed by atoms with van der Waals surface area (Å²) in [7, 11) is 0. The average Bonchev–Trinajstić information content (AvgIpc) is 3.33. The van der Waals surface area contributed by atoms with Crippen LogP contribution in [0.1, 0.15) is 43.5 Å². The fraction of sp³-hybridized carbons (Fsp3) is 0.632. The van der Waals surface area contributed by atoms with E-state index < -0.39 is 0 Å². The number of fused-ring (bicyclic) bond motifs is 1. The van der Waals surface area contributed by atoms with Crippen LogP contribution in [0.25, 0.3) is 0 Å². The number of hydrogen-bond acceptors (Lipinski definition) is 4. The lowest BCUT2D eigenvalue weighted by Gasteiger charge is -2.36. The summed E-state index contributed by atoms with van der Waals surface area (Å²) in [4.78, 5) is 15.0. The summed E-state index contributed by atoms with van der Waals surface area (Å²) in [6.07, 6.45) is 9.52. The minimum absolute atomic E-state index is 0. The molecule has 1 amide bonds. The van der Waals surface area contributed by atoms with E-state index in [2.05, 4.69) is 31.2 Å². The van der Waals surface area contributed by atoms with Crippen molar-refractivity contribution >= 4 is 18.3 Å². The van der Waals surface area contributed by atoms with Crippen LogP contribution in [0.15, 0.2) is 24.5 Å². The molecule has 2 aliphatic heterocycles. The molecule has 2 aromatic heterocycles. The Kier molecular flexibility index (Phi) is 6.90. The van der Waals surface area contributed by atoms with Gasteiger partial charge in [-0.2, -0.15) is 10.2 Å². The maximum atomic E-state index is 12.8. The number of hydrogen-bond donors (Lipinski definition) is 1. The third-order valence-corrected chi connectivity index (χ3v) is 5.51. The van der Waals surface area contributed by atoms with Crippen LogP contribution in [0.3, 0.4) is 0 Å². The van der Waals surface area contributed by atoms with Crippen LogP contribution in [0.5, 0.6) is 0 Å². The van der Waals surface area contributed by atoms with Crippen LogP contribution in [0.4, 0.5) is 0 Å². The maximum Gasteiger partial charge on any atom is 0.223 e. The molecule has 1 N–H and O–H groups in total. The van der Waals surface area contributed by atoms with Gasteiger partial charge in [-0.3, -0.25) is 14.2 Å². The summed E-state index contributed by atoms with van der Waals surface area (Å²) in [6, 6.07) is 4.44. The van der Waals surface area contributed by atoms with Crippen molar-refractivity contribution in [1.29, 1.82) is 0 Å². The molecule has 0 aromatic carbocycles. The summed E-state index contributed by atoms with van der Waals surface area (Å²) >= 11 is 0. The highest BCUT2D eigenvalue weighted by molar-refractivity contribution is 5.85. The molecule has 0 bridgehead atoms. The van der Waals surface area contributed by atoms with Gasteiger partial charge in [0, 0.05) is 57.5 Å². The van der Waals surface area contributed by atoms with Crippen molar-refractivity contribution in [3.05, 3.63) is 35.9 Å². The number of piperidine rings is 1. The van der Waals surface area contributed by atoms with E-state index in [9.17, 15) is 4.79 Å². The lowest BCUT2D eigenvalue weighted by atomic mass is 9.98. The third kappa shape index (κ3) is 4.90. The second kappa shape index (κ2) is 9.37. The average molecular weight is 393 g/mol. The summed E-state index contributed by atoms with van der Waals surface area (Å²) in [6.45, 7) is 4.54. The van der Waals surface area contributed by atoms with Crippen LogP contribution < -0.4 is 5.32 Å². The van der Waals surface area contributed by atoms with Crippen molar-refractivity contribution < 1.29 is 4.79 Å². The molecule has 0 spiro atoms. The van der Waals surface area contributed by atoms with Gasteiger partial charge in [0.2, 0.25) is 5.91 Å². The predicted molar refractivity (Wildman–Crippen MR) is 106 cm³/mol. The quantitative estimate of drug-likeness (QED) is 0.816. The topological polar surface area (TPSA) is 68.0 Å². The molecule has 7 nitrogen and oxygen atoms in total. The van der Waals surface area contributed by atoms with Crippen molar-refractivity contribution in [1.82, 2.24) is 29.8 Å². The van der Waals surface area contributed by atoms with Gasteiger partial charge in [-0.15, -0.1) is 12.4 Å². The number of aromatic nitrogens is 4. The van der Waals surface area contributed by atoms with Crippen molar-refractivity contribution in [3.63, 3.8) is 0 Å². The summed E-state index contributed by atoms with van der Waals surface area (Å²) in [5, 5.41) is 12.3. The number of aryl methyl sites for hydroxylation is 2. The van der Waals surface area contributed by atoms with E-state index in [1.54, 1.807) is 0 Å². The van der Waals surface area contributed by atoms with Gasteiger partial charge in [0.1, 0.15) is 0 Å². The van der Waals surface area contributed by atoms with Gasteiger partial charge in [-0.25, -0.2) is 0 Å². The van der Waals surface area contributed by atoms with E-state index in [0.717, 1.165) is 64.1 Å². The largest absolute Gasteiger partial charge is 0.340 e. The lowest BCUT2D eigenvalue weighted by Crippen LogP contribution is -2.44. The molecule has 2 aromatic rings. The highest BCUT2D eigenvalue weighted by Crippen LogP contribution is 2.22. The van der Waals surface area contributed by atoms with Gasteiger partial charge >= 0.3 is 0 Å². The first-order valence-electron chi connectivity index (χ1n) is 9.83. The zero-order valence-corrected chi connectivity index (χ0v) is 16.5. The van der Waals surface area contributed by atoms with Crippen molar-refractivity contribution in [2.24, 2.45) is 0 Å². The number of amides is 1. The monoisotopic (exact) mass is 392 g/mol. The van der Waals surface area contributed by atoms with Gasteiger partial charge in [-0.1, -0.05) is 0 Å². The molecule has 8 heteroatoms. The number of halogens is 1. The standard InChI is InChI=1S/C19H28N6O.ClH/c26-19(6-5-16-14-18-15-20-9-13-25(18)22-16)24-11-2-1-4-17(24)7-12-23-10-3-8-21-23;/h3,8,10,14,17,20H,1-2,4-7,9,11-13,15H2;1H. The molecule has 0 aliphatic carbocycles. The summed E-state index contributed by atoms with van der Waals surface area (Å²) in [5.41, 5.74) is 2.27. The Morgan fingerprint density at radius 1 is 1.30 bits per heavy atom. The number of nitrogens with zero attached hydrogens (tertiary/aromatic N) is 5. The zero-order valence-electron chi connectivity index (χ0n) is 15.7. The number of nitrogens with one attached hydrogen (secondary N) is 1. The van der Waals surface area contributed by atoms with E-state index in [4.69, 9.17) is 0 Å².